The number of anilines is 2. The van der Waals surface area contributed by atoms with Crippen LogP contribution in [0, 0.1) is 0 Å². The van der Waals surface area contributed by atoms with Gasteiger partial charge in [0.05, 0.1) is 36.2 Å². The summed E-state index contributed by atoms with van der Waals surface area (Å²) in [6.45, 7) is -0.0989. The molecule has 1 aromatic rings. The van der Waals surface area contributed by atoms with Crippen LogP contribution in [0.25, 0.3) is 0 Å². The van der Waals surface area contributed by atoms with Gasteiger partial charge in [0.15, 0.2) is 0 Å². The highest BCUT2D eigenvalue weighted by molar-refractivity contribution is 8.00. The summed E-state index contributed by atoms with van der Waals surface area (Å²) in [7, 11) is -3.62. The van der Waals surface area contributed by atoms with Gasteiger partial charge in [0.1, 0.15) is 17.7 Å². The van der Waals surface area contributed by atoms with E-state index in [1.807, 2.05) is 0 Å². The Kier molecular flexibility index (Phi) is 5.89. The molecule has 0 aromatic carbocycles. The van der Waals surface area contributed by atoms with Crippen molar-refractivity contribution in [2.75, 3.05) is 35.4 Å². The molecule has 3 rings (SSSR count). The zero-order valence-corrected chi connectivity index (χ0v) is 16.1. The number of nitrogens with one attached hydrogen (secondary N) is 1. The van der Waals surface area contributed by atoms with E-state index >= 15 is 0 Å². The van der Waals surface area contributed by atoms with Crippen molar-refractivity contribution in [1.82, 2.24) is 4.98 Å². The zero-order chi connectivity index (χ0) is 19.6. The lowest BCUT2D eigenvalue weighted by Gasteiger charge is -2.18. The average Bonchev–Trinajstić information content (AvgIpc) is 2.97. The average molecular weight is 417 g/mol. The fourth-order valence-corrected chi connectivity index (χ4v) is 3.79. The number of aromatic nitrogens is 1. The standard InChI is InChI=1S/C15H19N3O7S2/c1-27(22,23)24-7-9(19)2-3-10-6-18(15(21)25-10)12-5-4-11-14(16-12)17-13(20)8-26-11/h4-5,9-10,19H,2-3,6-8H2,1H3,(H,16,17,20)/t9?,10-/m1/s1. The normalized spacial score (nSPS) is 20.8. The largest absolute Gasteiger partial charge is 0.444 e. The summed E-state index contributed by atoms with van der Waals surface area (Å²) in [5.74, 6) is 0.959. The number of pyridine rings is 1. The van der Waals surface area contributed by atoms with Gasteiger partial charge >= 0.3 is 6.09 Å². The van der Waals surface area contributed by atoms with Crippen LogP contribution in [0.15, 0.2) is 17.0 Å². The second-order valence-electron chi connectivity index (χ2n) is 6.19. The van der Waals surface area contributed by atoms with Crippen molar-refractivity contribution in [3.63, 3.8) is 0 Å². The Morgan fingerprint density at radius 3 is 3.00 bits per heavy atom. The van der Waals surface area contributed by atoms with E-state index in [9.17, 15) is 23.1 Å². The fourth-order valence-electron chi connectivity index (χ4n) is 2.63. The van der Waals surface area contributed by atoms with Crippen LogP contribution < -0.4 is 10.2 Å². The summed E-state index contributed by atoms with van der Waals surface area (Å²) in [5.41, 5.74) is 0. The number of carbonyl (C=O) groups excluding carboxylic acids is 2. The molecule has 0 aliphatic carbocycles. The molecule has 0 radical (unpaired) electrons. The Balaban J connectivity index is 1.56. The van der Waals surface area contributed by atoms with Gasteiger partial charge in [0, 0.05) is 0 Å². The van der Waals surface area contributed by atoms with Crippen molar-refractivity contribution < 1.29 is 32.0 Å². The highest BCUT2D eigenvalue weighted by atomic mass is 32.2. The topological polar surface area (TPSA) is 135 Å². The smallest absolute Gasteiger partial charge is 0.415 e. The van der Waals surface area contributed by atoms with E-state index in [1.54, 1.807) is 12.1 Å². The molecule has 1 fully saturated rings. The Hall–Kier alpha value is -1.89. The van der Waals surface area contributed by atoms with Crippen molar-refractivity contribution in [3.8, 4) is 0 Å². The molecule has 148 valence electrons. The second-order valence-corrected chi connectivity index (χ2v) is 8.85. The molecule has 27 heavy (non-hydrogen) atoms. The molecular weight excluding hydrogens is 398 g/mol. The molecule has 1 saturated heterocycles. The monoisotopic (exact) mass is 417 g/mol. The summed E-state index contributed by atoms with van der Waals surface area (Å²) >= 11 is 1.38. The summed E-state index contributed by atoms with van der Waals surface area (Å²) in [4.78, 5) is 30.1. The Morgan fingerprint density at radius 2 is 2.26 bits per heavy atom. The van der Waals surface area contributed by atoms with Crippen molar-refractivity contribution in [2.45, 2.75) is 29.9 Å². The predicted octanol–water partition coefficient (Wildman–Crippen LogP) is 0.568. The van der Waals surface area contributed by atoms with Gasteiger partial charge in [-0.3, -0.25) is 13.9 Å². The molecule has 10 nitrogen and oxygen atoms in total. The summed E-state index contributed by atoms with van der Waals surface area (Å²) in [6.07, 6.45) is -0.555. The SMILES string of the molecule is CS(=O)(=O)OCC(O)CC[C@@H]1CN(c2ccc3c(n2)NC(=O)CS3)C(=O)O1. The van der Waals surface area contributed by atoms with Crippen LogP contribution in [-0.2, 0) is 23.8 Å². The number of rotatable bonds is 7. The molecule has 2 N–H and O–H groups in total. The molecule has 2 aliphatic rings. The van der Waals surface area contributed by atoms with Crippen molar-refractivity contribution in [3.05, 3.63) is 12.1 Å². The molecular formula is C15H19N3O7S2. The quantitative estimate of drug-likeness (QED) is 0.610. The summed E-state index contributed by atoms with van der Waals surface area (Å²) in [5, 5.41) is 12.5. The molecule has 1 aromatic heterocycles. The molecule has 1 unspecified atom stereocenters. The van der Waals surface area contributed by atoms with E-state index in [1.165, 1.54) is 16.7 Å². The highest BCUT2D eigenvalue weighted by Crippen LogP contribution is 2.32. The van der Waals surface area contributed by atoms with Crippen LogP contribution in [0.3, 0.4) is 0 Å². The minimum absolute atomic E-state index is 0.149. The number of hydrogen-bond acceptors (Lipinski definition) is 9. The number of thioether (sulfide) groups is 1. The number of hydrogen-bond donors (Lipinski definition) is 2. The summed E-state index contributed by atoms with van der Waals surface area (Å²) in [6, 6.07) is 3.47. The lowest BCUT2D eigenvalue weighted by molar-refractivity contribution is -0.113. The van der Waals surface area contributed by atoms with E-state index < -0.39 is 28.4 Å². The lowest BCUT2D eigenvalue weighted by Crippen LogP contribution is -2.27. The van der Waals surface area contributed by atoms with Crippen molar-refractivity contribution in [1.29, 1.82) is 0 Å². The number of carbonyl (C=O) groups is 2. The van der Waals surface area contributed by atoms with Gasteiger partial charge in [-0.15, -0.1) is 11.8 Å². The summed E-state index contributed by atoms with van der Waals surface area (Å²) < 4.78 is 31.6. The van der Waals surface area contributed by atoms with Gasteiger partial charge in [-0.2, -0.15) is 8.42 Å². The second kappa shape index (κ2) is 8.00. The third-order valence-electron chi connectivity index (χ3n) is 3.91. The van der Waals surface area contributed by atoms with E-state index in [-0.39, 0.29) is 25.5 Å². The first-order valence-corrected chi connectivity index (χ1v) is 11.0. The number of fused-ring (bicyclic) bond motifs is 1. The van der Waals surface area contributed by atoms with Gasteiger partial charge in [-0.1, -0.05) is 0 Å². The Bertz CT molecular complexity index is 846. The van der Waals surface area contributed by atoms with Crippen molar-refractivity contribution in [2.24, 2.45) is 0 Å². The first-order valence-electron chi connectivity index (χ1n) is 8.15. The number of aliphatic hydroxyl groups excluding tert-OH is 1. The van der Waals surface area contributed by atoms with Gasteiger partial charge < -0.3 is 15.2 Å². The molecule has 3 heterocycles. The molecule has 2 aliphatic heterocycles. The number of cyclic esters (lactones) is 1. The van der Waals surface area contributed by atoms with Crippen LogP contribution in [0.2, 0.25) is 0 Å². The minimum atomic E-state index is -3.62. The van der Waals surface area contributed by atoms with Gasteiger partial charge in [0.2, 0.25) is 5.91 Å². The number of nitrogens with zero attached hydrogens (tertiary/aromatic N) is 2. The third-order valence-corrected chi connectivity index (χ3v) is 5.52. The zero-order valence-electron chi connectivity index (χ0n) is 14.5. The van der Waals surface area contributed by atoms with E-state index in [0.717, 1.165) is 11.2 Å². The van der Waals surface area contributed by atoms with Gasteiger partial charge in [-0.05, 0) is 25.0 Å². The van der Waals surface area contributed by atoms with Gasteiger partial charge in [0.25, 0.3) is 10.1 Å². The first-order chi connectivity index (χ1) is 12.7. The van der Waals surface area contributed by atoms with Crippen LogP contribution in [0.4, 0.5) is 16.4 Å². The maximum absolute atomic E-state index is 12.1. The molecule has 2 atom stereocenters. The van der Waals surface area contributed by atoms with E-state index in [0.29, 0.717) is 23.8 Å². The number of amides is 2. The van der Waals surface area contributed by atoms with Crippen LogP contribution in [0.5, 0.6) is 0 Å². The molecule has 0 bridgehead atoms. The molecule has 2 amide bonds. The Morgan fingerprint density at radius 1 is 1.48 bits per heavy atom. The van der Waals surface area contributed by atoms with Crippen LogP contribution in [-0.4, -0.2) is 67.9 Å². The van der Waals surface area contributed by atoms with E-state index in [4.69, 9.17) is 4.74 Å². The van der Waals surface area contributed by atoms with Crippen molar-refractivity contribution >= 4 is 45.5 Å². The molecule has 0 spiro atoms. The lowest BCUT2D eigenvalue weighted by atomic mass is 10.1. The predicted molar refractivity (Wildman–Crippen MR) is 97.2 cm³/mol. The molecule has 12 heteroatoms. The maximum Gasteiger partial charge on any atom is 0.415 e. The van der Waals surface area contributed by atoms with Crippen LogP contribution >= 0.6 is 11.8 Å². The fraction of sp³-hybridized carbons (Fsp3) is 0.533. The third kappa shape index (κ3) is 5.31. The highest BCUT2D eigenvalue weighted by Gasteiger charge is 2.34. The minimum Gasteiger partial charge on any atom is -0.444 e. The number of ether oxygens (including phenoxy) is 1. The maximum atomic E-state index is 12.1. The number of aliphatic hydroxyl groups is 1. The van der Waals surface area contributed by atoms with Crippen LogP contribution in [0.1, 0.15) is 12.8 Å². The first kappa shape index (κ1) is 19.9. The Labute approximate surface area is 160 Å². The van der Waals surface area contributed by atoms with Gasteiger partial charge in [-0.25, -0.2) is 9.78 Å². The van der Waals surface area contributed by atoms with E-state index in [2.05, 4.69) is 14.5 Å². The molecule has 0 saturated carbocycles.